The van der Waals surface area contributed by atoms with Crippen molar-refractivity contribution < 1.29 is 21.6 Å². The summed E-state index contributed by atoms with van der Waals surface area (Å²) in [6.45, 7) is 3.61. The molecule has 2 N–H and O–H groups in total. The van der Waals surface area contributed by atoms with Crippen molar-refractivity contribution in [1.29, 1.82) is 0 Å². The Morgan fingerprint density at radius 1 is 1.37 bits per heavy atom. The Bertz CT molecular complexity index is 1090. The number of benzene rings is 1. The summed E-state index contributed by atoms with van der Waals surface area (Å²) in [6, 6.07) is 4.46. The van der Waals surface area contributed by atoms with Gasteiger partial charge in [0.25, 0.3) is 0 Å². The molecule has 162 valence electrons. The second-order valence-electron chi connectivity index (χ2n) is 6.99. The van der Waals surface area contributed by atoms with Gasteiger partial charge >= 0.3 is 6.18 Å². The summed E-state index contributed by atoms with van der Waals surface area (Å²) in [4.78, 5) is 0. The third kappa shape index (κ3) is 5.17. The molecule has 3 rings (SSSR count). The SMILES string of the molecule is Cc1nn([C@@H]2CCS(=O)(=O)C2)c(C)c1/C=N\NC(=S)Nc1cccc(C(F)(F)F)c1. The Morgan fingerprint density at radius 3 is 2.73 bits per heavy atom. The van der Waals surface area contributed by atoms with Crippen LogP contribution < -0.4 is 10.7 Å². The zero-order valence-corrected chi connectivity index (χ0v) is 17.8. The zero-order chi connectivity index (χ0) is 22.1. The van der Waals surface area contributed by atoms with Gasteiger partial charge in [-0.2, -0.15) is 23.4 Å². The lowest BCUT2D eigenvalue weighted by molar-refractivity contribution is -0.137. The molecule has 0 bridgehead atoms. The first kappa shape index (κ1) is 22.2. The predicted octanol–water partition coefficient (Wildman–Crippen LogP) is 3.20. The molecule has 0 spiro atoms. The molecule has 2 aromatic rings. The van der Waals surface area contributed by atoms with Gasteiger partial charge in [-0.15, -0.1) is 0 Å². The average molecular weight is 460 g/mol. The summed E-state index contributed by atoms with van der Waals surface area (Å²) in [6.07, 6.45) is -2.43. The van der Waals surface area contributed by atoms with Crippen LogP contribution in [0, 0.1) is 13.8 Å². The van der Waals surface area contributed by atoms with Gasteiger partial charge < -0.3 is 5.32 Å². The summed E-state index contributed by atoms with van der Waals surface area (Å²) < 4.78 is 63.5. The molecule has 0 radical (unpaired) electrons. The minimum Gasteiger partial charge on any atom is -0.331 e. The summed E-state index contributed by atoms with van der Waals surface area (Å²) in [7, 11) is -3.04. The highest BCUT2D eigenvalue weighted by Gasteiger charge is 2.31. The topological polar surface area (TPSA) is 88.4 Å². The minimum absolute atomic E-state index is 0.0233. The molecular weight excluding hydrogens is 439 g/mol. The fourth-order valence-corrected chi connectivity index (χ4v) is 5.14. The van der Waals surface area contributed by atoms with Crippen molar-refractivity contribution in [1.82, 2.24) is 15.2 Å². The maximum absolute atomic E-state index is 12.8. The van der Waals surface area contributed by atoms with Crippen LogP contribution in [0.5, 0.6) is 0 Å². The van der Waals surface area contributed by atoms with Crippen molar-refractivity contribution in [2.45, 2.75) is 32.5 Å². The number of thiocarbonyl (C=S) groups is 1. The zero-order valence-electron chi connectivity index (χ0n) is 16.2. The monoisotopic (exact) mass is 459 g/mol. The van der Waals surface area contributed by atoms with Crippen LogP contribution in [0.25, 0.3) is 0 Å². The van der Waals surface area contributed by atoms with E-state index in [2.05, 4.69) is 20.9 Å². The third-order valence-electron chi connectivity index (χ3n) is 4.74. The van der Waals surface area contributed by atoms with E-state index in [1.165, 1.54) is 18.3 Å². The van der Waals surface area contributed by atoms with Crippen LogP contribution >= 0.6 is 12.2 Å². The minimum atomic E-state index is -4.45. The Labute approximate surface area is 177 Å². The highest BCUT2D eigenvalue weighted by molar-refractivity contribution is 7.91. The number of nitrogens with one attached hydrogen (secondary N) is 2. The quantitative estimate of drug-likeness (QED) is 0.415. The lowest BCUT2D eigenvalue weighted by Crippen LogP contribution is -2.24. The number of hydrogen-bond acceptors (Lipinski definition) is 5. The standard InChI is InChI=1S/C18H20F3N5O2S2/c1-11-16(12(2)26(25-11)15-6-7-30(27,28)10-15)9-22-24-17(29)23-14-5-3-4-13(8-14)18(19,20)21/h3-5,8-9,15H,6-7,10H2,1-2H3,(H2,23,24,29)/b22-9-/t15-/m1/s1. The number of sulfone groups is 1. The van der Waals surface area contributed by atoms with Gasteiger partial charge in [0.1, 0.15) is 0 Å². The summed E-state index contributed by atoms with van der Waals surface area (Å²) in [5.74, 6) is 0.214. The Morgan fingerprint density at radius 2 is 2.10 bits per heavy atom. The molecule has 0 aliphatic carbocycles. The molecule has 0 saturated carbocycles. The molecule has 1 aliphatic heterocycles. The van der Waals surface area contributed by atoms with Crippen LogP contribution in [0.3, 0.4) is 0 Å². The lowest BCUT2D eigenvalue weighted by Gasteiger charge is -2.11. The second kappa shape index (κ2) is 8.34. The van der Waals surface area contributed by atoms with Crippen molar-refractivity contribution >= 4 is 39.1 Å². The third-order valence-corrected chi connectivity index (χ3v) is 6.69. The molecule has 7 nitrogen and oxygen atoms in total. The summed E-state index contributed by atoms with van der Waals surface area (Å²) in [5, 5.41) is 11.1. The van der Waals surface area contributed by atoms with E-state index >= 15 is 0 Å². The number of hydrazone groups is 1. The molecule has 0 unspecified atom stereocenters. The Balaban J connectivity index is 1.65. The van der Waals surface area contributed by atoms with Crippen LogP contribution in [-0.2, 0) is 16.0 Å². The fraction of sp³-hybridized carbons (Fsp3) is 0.389. The van der Waals surface area contributed by atoms with Gasteiger partial charge in [-0.3, -0.25) is 10.1 Å². The van der Waals surface area contributed by atoms with Gasteiger partial charge in [0.05, 0.1) is 35.0 Å². The number of anilines is 1. The highest BCUT2D eigenvalue weighted by atomic mass is 32.2. The number of nitrogens with zero attached hydrogens (tertiary/aromatic N) is 3. The van der Waals surface area contributed by atoms with E-state index in [1.807, 2.05) is 6.92 Å². The number of aromatic nitrogens is 2. The van der Waals surface area contributed by atoms with Crippen molar-refractivity contribution in [3.8, 4) is 0 Å². The summed E-state index contributed by atoms with van der Waals surface area (Å²) >= 11 is 5.07. The normalized spacial score (nSPS) is 18.6. The number of halogens is 3. The molecule has 30 heavy (non-hydrogen) atoms. The molecule has 1 aromatic carbocycles. The highest BCUT2D eigenvalue weighted by Crippen LogP contribution is 2.30. The smallest absolute Gasteiger partial charge is 0.331 e. The van der Waals surface area contributed by atoms with E-state index in [0.717, 1.165) is 17.8 Å². The van der Waals surface area contributed by atoms with Crippen LogP contribution in [-0.4, -0.2) is 41.0 Å². The van der Waals surface area contributed by atoms with Crippen LogP contribution in [0.2, 0.25) is 0 Å². The first-order valence-electron chi connectivity index (χ1n) is 9.00. The predicted molar refractivity (Wildman–Crippen MR) is 112 cm³/mol. The van der Waals surface area contributed by atoms with Gasteiger partial charge in [0.15, 0.2) is 14.9 Å². The van der Waals surface area contributed by atoms with Gasteiger partial charge in [-0.1, -0.05) is 6.07 Å². The number of rotatable bonds is 4. The van der Waals surface area contributed by atoms with Crippen LogP contribution in [0.15, 0.2) is 29.4 Å². The lowest BCUT2D eigenvalue weighted by atomic mass is 10.2. The molecular formula is C18H20F3N5O2S2. The molecule has 1 saturated heterocycles. The molecule has 0 amide bonds. The number of hydrogen-bond donors (Lipinski definition) is 2. The molecule has 1 atom stereocenters. The van der Waals surface area contributed by atoms with Crippen molar-refractivity contribution in [3.63, 3.8) is 0 Å². The molecule has 1 fully saturated rings. The van der Waals surface area contributed by atoms with Crippen LogP contribution in [0.4, 0.5) is 18.9 Å². The van der Waals surface area contributed by atoms with Gasteiger partial charge in [0.2, 0.25) is 0 Å². The van der Waals surface area contributed by atoms with E-state index in [4.69, 9.17) is 12.2 Å². The molecule has 12 heteroatoms. The van der Waals surface area contributed by atoms with Crippen molar-refractivity contribution in [3.05, 3.63) is 46.8 Å². The van der Waals surface area contributed by atoms with Crippen molar-refractivity contribution in [2.75, 3.05) is 16.8 Å². The van der Waals surface area contributed by atoms with E-state index in [1.54, 1.807) is 11.6 Å². The Kier molecular flexibility index (Phi) is 6.18. The van der Waals surface area contributed by atoms with Gasteiger partial charge in [-0.05, 0) is 50.7 Å². The van der Waals surface area contributed by atoms with E-state index < -0.39 is 21.6 Å². The second-order valence-corrected chi connectivity index (χ2v) is 9.63. The first-order valence-corrected chi connectivity index (χ1v) is 11.2. The molecule has 1 aromatic heterocycles. The first-order chi connectivity index (χ1) is 14.0. The van der Waals surface area contributed by atoms with E-state index in [-0.39, 0.29) is 28.3 Å². The van der Waals surface area contributed by atoms with Crippen molar-refractivity contribution in [2.24, 2.45) is 5.10 Å². The Hall–Kier alpha value is -2.47. The van der Waals surface area contributed by atoms with E-state index in [9.17, 15) is 21.6 Å². The maximum atomic E-state index is 12.8. The number of alkyl halides is 3. The van der Waals surface area contributed by atoms with E-state index in [0.29, 0.717) is 17.7 Å². The van der Waals surface area contributed by atoms with Crippen LogP contribution in [0.1, 0.15) is 35.0 Å². The molecule has 2 heterocycles. The fourth-order valence-electron chi connectivity index (χ4n) is 3.27. The van der Waals surface area contributed by atoms with Gasteiger partial charge in [0, 0.05) is 16.9 Å². The maximum Gasteiger partial charge on any atom is 0.416 e. The average Bonchev–Trinajstić information content (AvgIpc) is 3.14. The summed E-state index contributed by atoms with van der Waals surface area (Å²) in [5.41, 5.74) is 4.13. The number of aryl methyl sites for hydroxylation is 1. The van der Waals surface area contributed by atoms with Gasteiger partial charge in [-0.25, -0.2) is 8.42 Å². The molecule has 1 aliphatic rings. The largest absolute Gasteiger partial charge is 0.416 e.